The zero-order valence-electron chi connectivity index (χ0n) is 13.3. The summed E-state index contributed by atoms with van der Waals surface area (Å²) in [6.45, 7) is 10.5. The first-order valence-corrected chi connectivity index (χ1v) is 7.95. The van der Waals surface area contributed by atoms with E-state index in [2.05, 4.69) is 35.6 Å². The summed E-state index contributed by atoms with van der Waals surface area (Å²) in [6, 6.07) is 0. The summed E-state index contributed by atoms with van der Waals surface area (Å²) in [5.41, 5.74) is 0.736. The van der Waals surface area contributed by atoms with E-state index >= 15 is 0 Å². The molecule has 1 saturated heterocycles. The molecule has 0 saturated carbocycles. The van der Waals surface area contributed by atoms with Crippen molar-refractivity contribution >= 4 is 23.7 Å². The number of aromatic nitrogens is 2. The van der Waals surface area contributed by atoms with Crippen molar-refractivity contribution in [2.75, 3.05) is 18.0 Å². The van der Waals surface area contributed by atoms with Gasteiger partial charge < -0.3 is 4.90 Å². The van der Waals surface area contributed by atoms with E-state index in [1.807, 2.05) is 0 Å². The van der Waals surface area contributed by atoms with Crippen LogP contribution in [0.2, 0.25) is 5.15 Å². The zero-order chi connectivity index (χ0) is 15.6. The van der Waals surface area contributed by atoms with Gasteiger partial charge in [0, 0.05) is 13.1 Å². The minimum atomic E-state index is 0.254. The Morgan fingerprint density at radius 1 is 1.24 bits per heavy atom. The Bertz CT molecular complexity index is 525. The van der Waals surface area contributed by atoms with Crippen molar-refractivity contribution in [2.45, 2.75) is 47.0 Å². The Morgan fingerprint density at radius 2 is 1.95 bits per heavy atom. The molecule has 1 atom stereocenters. The summed E-state index contributed by atoms with van der Waals surface area (Å²) in [6.07, 6.45) is 4.21. The SMILES string of the molecule is Cc1nc(Cl)c(C=O)c(N2CCCC(C(C)(C)C)CC2)n1. The lowest BCUT2D eigenvalue weighted by atomic mass is 9.77. The quantitative estimate of drug-likeness (QED) is 0.614. The fourth-order valence-electron chi connectivity index (χ4n) is 3.05. The van der Waals surface area contributed by atoms with Gasteiger partial charge in [0.15, 0.2) is 6.29 Å². The van der Waals surface area contributed by atoms with Gasteiger partial charge in [-0.05, 0) is 37.5 Å². The molecular weight excluding hydrogens is 286 g/mol. The summed E-state index contributed by atoms with van der Waals surface area (Å²) < 4.78 is 0. The maximum Gasteiger partial charge on any atom is 0.156 e. The van der Waals surface area contributed by atoms with Gasteiger partial charge in [-0.3, -0.25) is 4.79 Å². The maximum absolute atomic E-state index is 11.3. The molecule has 1 fully saturated rings. The van der Waals surface area contributed by atoms with E-state index in [1.165, 1.54) is 6.42 Å². The fraction of sp³-hybridized carbons (Fsp3) is 0.688. The molecule has 0 bridgehead atoms. The molecule has 5 heteroatoms. The van der Waals surface area contributed by atoms with E-state index < -0.39 is 0 Å². The molecule has 2 heterocycles. The van der Waals surface area contributed by atoms with Crippen molar-refractivity contribution in [3.05, 3.63) is 16.5 Å². The standard InChI is InChI=1S/C16H24ClN3O/c1-11-18-14(17)13(10-21)15(19-11)20-8-5-6-12(7-9-20)16(2,3)4/h10,12H,5-9H2,1-4H3. The molecule has 1 aromatic rings. The van der Waals surface area contributed by atoms with Crippen molar-refractivity contribution in [2.24, 2.45) is 11.3 Å². The summed E-state index contributed by atoms with van der Waals surface area (Å²) in [7, 11) is 0. The average Bonchev–Trinajstić information content (AvgIpc) is 2.63. The predicted molar refractivity (Wildman–Crippen MR) is 86.2 cm³/mol. The second kappa shape index (κ2) is 6.30. The monoisotopic (exact) mass is 309 g/mol. The number of nitrogens with zero attached hydrogens (tertiary/aromatic N) is 3. The lowest BCUT2D eigenvalue weighted by Gasteiger charge is -2.30. The van der Waals surface area contributed by atoms with Crippen molar-refractivity contribution in [1.82, 2.24) is 9.97 Å². The van der Waals surface area contributed by atoms with Gasteiger partial charge in [0.2, 0.25) is 0 Å². The van der Waals surface area contributed by atoms with Gasteiger partial charge in [0.05, 0.1) is 5.56 Å². The third-order valence-electron chi connectivity index (χ3n) is 4.36. The van der Waals surface area contributed by atoms with Gasteiger partial charge in [0.25, 0.3) is 0 Å². The van der Waals surface area contributed by atoms with Crippen LogP contribution >= 0.6 is 11.6 Å². The van der Waals surface area contributed by atoms with Gasteiger partial charge in [-0.1, -0.05) is 32.4 Å². The van der Waals surface area contributed by atoms with E-state index in [0.29, 0.717) is 28.5 Å². The van der Waals surface area contributed by atoms with Crippen LogP contribution in [0.5, 0.6) is 0 Å². The Labute approximate surface area is 131 Å². The second-order valence-corrected chi connectivity index (χ2v) is 7.26. The summed E-state index contributed by atoms with van der Waals surface area (Å²) in [5.74, 6) is 2.00. The van der Waals surface area contributed by atoms with Crippen LogP contribution in [-0.2, 0) is 0 Å². The Kier molecular flexibility index (Phi) is 4.87. The molecular formula is C16H24ClN3O. The summed E-state index contributed by atoms with van der Waals surface area (Å²) >= 11 is 6.09. The van der Waals surface area contributed by atoms with Crippen LogP contribution < -0.4 is 4.90 Å². The second-order valence-electron chi connectivity index (χ2n) is 6.90. The van der Waals surface area contributed by atoms with E-state index in [0.717, 1.165) is 32.2 Å². The third-order valence-corrected chi connectivity index (χ3v) is 4.65. The van der Waals surface area contributed by atoms with Gasteiger partial charge in [-0.15, -0.1) is 0 Å². The van der Waals surface area contributed by atoms with Crippen molar-refractivity contribution in [3.63, 3.8) is 0 Å². The van der Waals surface area contributed by atoms with Crippen molar-refractivity contribution in [1.29, 1.82) is 0 Å². The number of aryl methyl sites for hydroxylation is 1. The van der Waals surface area contributed by atoms with Crippen LogP contribution in [0.4, 0.5) is 5.82 Å². The first-order valence-electron chi connectivity index (χ1n) is 7.57. The minimum Gasteiger partial charge on any atom is -0.356 e. The van der Waals surface area contributed by atoms with E-state index in [-0.39, 0.29) is 5.15 Å². The number of aldehydes is 1. The molecule has 0 aromatic carbocycles. The van der Waals surface area contributed by atoms with E-state index in [9.17, 15) is 4.79 Å². The van der Waals surface area contributed by atoms with Gasteiger partial charge in [-0.2, -0.15) is 0 Å². The van der Waals surface area contributed by atoms with E-state index in [1.54, 1.807) is 6.92 Å². The highest BCUT2D eigenvalue weighted by Crippen LogP contribution is 2.35. The molecule has 0 N–H and O–H groups in total. The van der Waals surface area contributed by atoms with Crippen LogP contribution in [-0.4, -0.2) is 29.3 Å². The van der Waals surface area contributed by atoms with Gasteiger partial charge in [0.1, 0.15) is 16.8 Å². The predicted octanol–water partition coefficient (Wildman–Crippen LogP) is 3.90. The lowest BCUT2D eigenvalue weighted by molar-refractivity contribution is 0.112. The van der Waals surface area contributed by atoms with Gasteiger partial charge in [-0.25, -0.2) is 9.97 Å². The first-order chi connectivity index (χ1) is 9.82. The van der Waals surface area contributed by atoms with Crippen molar-refractivity contribution in [3.8, 4) is 0 Å². The summed E-state index contributed by atoms with van der Waals surface area (Å²) in [5, 5.41) is 0.254. The van der Waals surface area contributed by atoms with Crippen LogP contribution in [0, 0.1) is 18.3 Å². The topological polar surface area (TPSA) is 46.1 Å². The molecule has 0 amide bonds. The molecule has 1 unspecified atom stereocenters. The molecule has 1 aliphatic heterocycles. The molecule has 116 valence electrons. The van der Waals surface area contributed by atoms with Crippen molar-refractivity contribution < 1.29 is 4.79 Å². The smallest absolute Gasteiger partial charge is 0.156 e. The number of carbonyl (C=O) groups is 1. The highest BCUT2D eigenvalue weighted by molar-refractivity contribution is 6.32. The molecule has 0 spiro atoms. The number of hydrogen-bond donors (Lipinski definition) is 0. The highest BCUT2D eigenvalue weighted by atomic mass is 35.5. The number of anilines is 1. The Morgan fingerprint density at radius 3 is 2.57 bits per heavy atom. The molecule has 0 radical (unpaired) electrons. The molecule has 1 aliphatic rings. The number of hydrogen-bond acceptors (Lipinski definition) is 4. The lowest BCUT2D eigenvalue weighted by Crippen LogP contribution is -2.28. The first kappa shape index (κ1) is 16.2. The zero-order valence-corrected chi connectivity index (χ0v) is 14.1. The molecule has 4 nitrogen and oxygen atoms in total. The summed E-state index contributed by atoms with van der Waals surface area (Å²) in [4.78, 5) is 22.0. The Balaban J connectivity index is 2.25. The van der Waals surface area contributed by atoms with Crippen LogP contribution in [0.15, 0.2) is 0 Å². The maximum atomic E-state index is 11.3. The molecule has 0 aliphatic carbocycles. The number of rotatable bonds is 2. The number of carbonyl (C=O) groups excluding carboxylic acids is 1. The van der Waals surface area contributed by atoms with Gasteiger partial charge >= 0.3 is 0 Å². The highest BCUT2D eigenvalue weighted by Gasteiger charge is 2.28. The average molecular weight is 310 g/mol. The van der Waals surface area contributed by atoms with Crippen LogP contribution in [0.3, 0.4) is 0 Å². The molecule has 2 rings (SSSR count). The van der Waals surface area contributed by atoms with Crippen LogP contribution in [0.25, 0.3) is 0 Å². The number of halogens is 1. The minimum absolute atomic E-state index is 0.254. The fourth-order valence-corrected chi connectivity index (χ4v) is 3.30. The molecule has 21 heavy (non-hydrogen) atoms. The largest absolute Gasteiger partial charge is 0.356 e. The Hall–Kier alpha value is -1.16. The van der Waals surface area contributed by atoms with E-state index in [4.69, 9.17) is 11.6 Å². The van der Waals surface area contributed by atoms with Crippen LogP contribution in [0.1, 0.15) is 56.2 Å². The normalized spacial score (nSPS) is 20.2. The molecule has 1 aromatic heterocycles. The third kappa shape index (κ3) is 3.73.